The molecule has 0 unspecified atom stereocenters. The van der Waals surface area contributed by atoms with E-state index in [4.69, 9.17) is 0 Å². The van der Waals surface area contributed by atoms with Crippen molar-refractivity contribution in [3.05, 3.63) is 36.0 Å². The first-order chi connectivity index (χ1) is 9.07. The number of para-hydroxylation sites is 1. The lowest BCUT2D eigenvalue weighted by molar-refractivity contribution is -0.136. The van der Waals surface area contributed by atoms with Crippen LogP contribution in [0, 0.1) is 0 Å². The lowest BCUT2D eigenvalue weighted by Gasteiger charge is -2.20. The molecule has 2 nitrogen and oxygen atoms in total. The van der Waals surface area contributed by atoms with Crippen LogP contribution in [-0.2, 0) is 6.18 Å². The molecule has 1 aliphatic rings. The highest BCUT2D eigenvalue weighted by atomic mass is 19.4. The summed E-state index contributed by atoms with van der Waals surface area (Å²) in [5.41, 5.74) is 0.235. The maximum Gasteiger partial charge on any atom is 0.418 e. The molecule has 1 aliphatic heterocycles. The van der Waals surface area contributed by atoms with Crippen molar-refractivity contribution in [2.45, 2.75) is 19.0 Å². The van der Waals surface area contributed by atoms with Gasteiger partial charge < -0.3 is 4.90 Å². The van der Waals surface area contributed by atoms with Gasteiger partial charge in [-0.3, -0.25) is 4.98 Å². The minimum atomic E-state index is -4.36. The molecule has 0 spiro atoms. The quantitative estimate of drug-likeness (QED) is 0.779. The summed E-state index contributed by atoms with van der Waals surface area (Å²) in [6, 6.07) is 6.05. The minimum absolute atomic E-state index is 0.0411. The molecule has 5 heteroatoms. The Labute approximate surface area is 108 Å². The van der Waals surface area contributed by atoms with Crippen molar-refractivity contribution < 1.29 is 13.2 Å². The second-order valence-electron chi connectivity index (χ2n) is 4.72. The summed E-state index contributed by atoms with van der Waals surface area (Å²) in [5.74, 6) is 0. The predicted molar refractivity (Wildman–Crippen MR) is 68.2 cm³/mol. The van der Waals surface area contributed by atoms with Crippen LogP contribution in [-0.4, -0.2) is 18.1 Å². The van der Waals surface area contributed by atoms with E-state index >= 15 is 0 Å². The van der Waals surface area contributed by atoms with Crippen molar-refractivity contribution in [3.63, 3.8) is 0 Å². The van der Waals surface area contributed by atoms with Crippen molar-refractivity contribution in [2.75, 3.05) is 18.0 Å². The topological polar surface area (TPSA) is 16.1 Å². The number of halogens is 3. The Morgan fingerprint density at radius 2 is 1.79 bits per heavy atom. The Bertz CT molecular complexity index is 601. The molecule has 1 aromatic carbocycles. The van der Waals surface area contributed by atoms with Gasteiger partial charge in [-0.2, -0.15) is 13.2 Å². The van der Waals surface area contributed by atoms with Gasteiger partial charge in [-0.15, -0.1) is 0 Å². The Kier molecular flexibility index (Phi) is 2.84. The maximum atomic E-state index is 13.0. The fraction of sp³-hybridized carbons (Fsp3) is 0.357. The molecular weight excluding hydrogens is 253 g/mol. The summed E-state index contributed by atoms with van der Waals surface area (Å²) in [7, 11) is 0. The SMILES string of the molecule is FC(F)(F)c1cccc2c(N3CCCC3)ccnc12. The minimum Gasteiger partial charge on any atom is -0.371 e. The second kappa shape index (κ2) is 4.40. The van der Waals surface area contributed by atoms with Crippen LogP contribution in [0.4, 0.5) is 18.9 Å². The lowest BCUT2D eigenvalue weighted by atomic mass is 10.1. The summed E-state index contributed by atoms with van der Waals surface area (Å²) in [4.78, 5) is 6.06. The van der Waals surface area contributed by atoms with Gasteiger partial charge in [0.15, 0.2) is 0 Å². The standard InChI is InChI=1S/C14H13F3N2/c15-14(16,17)11-5-3-4-10-12(6-7-18-13(10)11)19-8-1-2-9-19/h3-7H,1-2,8-9H2. The van der Waals surface area contributed by atoms with Crippen molar-refractivity contribution >= 4 is 16.6 Å². The summed E-state index contributed by atoms with van der Waals surface area (Å²) in [6.07, 6.45) is -0.729. The number of alkyl halides is 3. The van der Waals surface area contributed by atoms with Crippen LogP contribution in [0.25, 0.3) is 10.9 Å². The Morgan fingerprint density at radius 3 is 2.47 bits per heavy atom. The van der Waals surface area contributed by atoms with Crippen LogP contribution in [0.2, 0.25) is 0 Å². The number of anilines is 1. The highest BCUT2D eigenvalue weighted by Gasteiger charge is 2.33. The van der Waals surface area contributed by atoms with Gasteiger partial charge in [0, 0.05) is 30.4 Å². The number of aromatic nitrogens is 1. The fourth-order valence-electron chi connectivity index (χ4n) is 2.62. The maximum absolute atomic E-state index is 13.0. The number of nitrogens with zero attached hydrogens (tertiary/aromatic N) is 2. The molecule has 0 atom stereocenters. The summed E-state index contributed by atoms with van der Waals surface area (Å²) in [6.45, 7) is 1.80. The molecule has 2 heterocycles. The third kappa shape index (κ3) is 2.13. The molecule has 19 heavy (non-hydrogen) atoms. The number of fused-ring (bicyclic) bond motifs is 1. The van der Waals surface area contributed by atoms with E-state index in [-0.39, 0.29) is 5.52 Å². The van der Waals surface area contributed by atoms with Gasteiger partial charge in [0.25, 0.3) is 0 Å². The zero-order valence-electron chi connectivity index (χ0n) is 10.2. The fourth-order valence-corrected chi connectivity index (χ4v) is 2.62. The number of benzene rings is 1. The average Bonchev–Trinajstić information content (AvgIpc) is 2.90. The number of rotatable bonds is 1. The molecule has 0 aliphatic carbocycles. The molecule has 1 fully saturated rings. The Balaban J connectivity index is 2.21. The number of hydrogen-bond donors (Lipinski definition) is 0. The molecular formula is C14H13F3N2. The van der Waals surface area contributed by atoms with Crippen LogP contribution in [0.5, 0.6) is 0 Å². The molecule has 0 N–H and O–H groups in total. The Hall–Kier alpha value is -1.78. The third-order valence-corrected chi connectivity index (χ3v) is 3.50. The molecule has 3 rings (SSSR count). The van der Waals surface area contributed by atoms with Crippen LogP contribution in [0.1, 0.15) is 18.4 Å². The molecule has 0 amide bonds. The van der Waals surface area contributed by atoms with E-state index in [2.05, 4.69) is 9.88 Å². The Morgan fingerprint density at radius 1 is 1.05 bits per heavy atom. The van der Waals surface area contributed by atoms with Crippen LogP contribution in [0.3, 0.4) is 0 Å². The molecule has 2 aromatic rings. The van der Waals surface area contributed by atoms with Gasteiger partial charge >= 0.3 is 6.18 Å². The van der Waals surface area contributed by atoms with E-state index in [9.17, 15) is 13.2 Å². The van der Waals surface area contributed by atoms with Crippen LogP contribution >= 0.6 is 0 Å². The summed E-state index contributed by atoms with van der Waals surface area (Å²) >= 11 is 0. The first kappa shape index (κ1) is 12.3. The van der Waals surface area contributed by atoms with Gasteiger partial charge in [-0.1, -0.05) is 12.1 Å². The molecule has 1 saturated heterocycles. The molecule has 0 bridgehead atoms. The van der Waals surface area contributed by atoms with Gasteiger partial charge in [0.1, 0.15) is 0 Å². The van der Waals surface area contributed by atoms with Gasteiger partial charge in [-0.25, -0.2) is 0 Å². The smallest absolute Gasteiger partial charge is 0.371 e. The first-order valence-electron chi connectivity index (χ1n) is 6.27. The highest BCUT2D eigenvalue weighted by Crippen LogP contribution is 2.37. The van der Waals surface area contributed by atoms with E-state index in [1.54, 1.807) is 12.1 Å². The first-order valence-corrected chi connectivity index (χ1v) is 6.27. The van der Waals surface area contributed by atoms with E-state index in [0.717, 1.165) is 37.7 Å². The monoisotopic (exact) mass is 266 g/mol. The van der Waals surface area contributed by atoms with Gasteiger partial charge in [0.2, 0.25) is 0 Å². The van der Waals surface area contributed by atoms with Crippen LogP contribution in [0.15, 0.2) is 30.5 Å². The number of hydrogen-bond acceptors (Lipinski definition) is 2. The average molecular weight is 266 g/mol. The predicted octanol–water partition coefficient (Wildman–Crippen LogP) is 3.85. The molecule has 0 radical (unpaired) electrons. The molecule has 0 saturated carbocycles. The van der Waals surface area contributed by atoms with Crippen molar-refractivity contribution in [1.82, 2.24) is 4.98 Å². The molecule has 100 valence electrons. The van der Waals surface area contributed by atoms with Gasteiger partial charge in [-0.05, 0) is 25.0 Å². The van der Waals surface area contributed by atoms with Gasteiger partial charge in [0.05, 0.1) is 11.1 Å². The van der Waals surface area contributed by atoms with Crippen LogP contribution < -0.4 is 4.90 Å². The molecule has 1 aromatic heterocycles. The normalized spacial score (nSPS) is 16.3. The highest BCUT2D eigenvalue weighted by molar-refractivity contribution is 5.93. The number of pyridine rings is 1. The lowest BCUT2D eigenvalue weighted by Crippen LogP contribution is -2.18. The van der Waals surface area contributed by atoms with E-state index in [0.29, 0.717) is 5.39 Å². The zero-order chi connectivity index (χ0) is 13.5. The van der Waals surface area contributed by atoms with Crippen molar-refractivity contribution in [2.24, 2.45) is 0 Å². The summed E-state index contributed by atoms with van der Waals surface area (Å²) in [5, 5.41) is 0.583. The van der Waals surface area contributed by atoms with E-state index < -0.39 is 11.7 Å². The van der Waals surface area contributed by atoms with Crippen molar-refractivity contribution in [1.29, 1.82) is 0 Å². The zero-order valence-corrected chi connectivity index (χ0v) is 10.2. The largest absolute Gasteiger partial charge is 0.418 e. The van der Waals surface area contributed by atoms with Crippen molar-refractivity contribution in [3.8, 4) is 0 Å². The second-order valence-corrected chi connectivity index (χ2v) is 4.72. The third-order valence-electron chi connectivity index (χ3n) is 3.50. The van der Waals surface area contributed by atoms with E-state index in [1.807, 2.05) is 0 Å². The van der Waals surface area contributed by atoms with E-state index in [1.165, 1.54) is 12.3 Å². The summed E-state index contributed by atoms with van der Waals surface area (Å²) < 4.78 is 38.9.